The normalized spacial score (nSPS) is 17.2. The first-order chi connectivity index (χ1) is 12.2. The minimum Gasteiger partial charge on any atom is -0.418 e. The molecule has 1 aromatic carbocycles. The van der Waals surface area contributed by atoms with E-state index in [0.29, 0.717) is 9.58 Å². The highest BCUT2D eigenvalue weighted by atomic mass is 32.2. The molecule has 3 rings (SSSR count). The minimum absolute atomic E-state index is 0.121. The maximum atomic E-state index is 13.7. The third kappa shape index (κ3) is 5.86. The highest BCUT2D eigenvalue weighted by molar-refractivity contribution is 7.38. The van der Waals surface area contributed by atoms with E-state index in [0.717, 1.165) is 36.6 Å². The van der Waals surface area contributed by atoms with Gasteiger partial charge in [-0.1, -0.05) is 39.7 Å². The van der Waals surface area contributed by atoms with Gasteiger partial charge in [0.25, 0.3) is 0 Å². The van der Waals surface area contributed by atoms with Gasteiger partial charge in [0.2, 0.25) is 0 Å². The number of fused-ring (bicyclic) bond motifs is 1. The maximum Gasteiger partial charge on any atom is 0.673 e. The second kappa shape index (κ2) is 7.64. The third-order valence-corrected chi connectivity index (χ3v) is 6.80. The predicted molar refractivity (Wildman–Crippen MR) is 97.8 cm³/mol. The van der Waals surface area contributed by atoms with Crippen molar-refractivity contribution in [3.8, 4) is 0 Å². The summed E-state index contributed by atoms with van der Waals surface area (Å²) in [6.07, 6.45) is 3.93. The Labute approximate surface area is 156 Å². The molecule has 1 aromatic heterocycles. The van der Waals surface area contributed by atoms with Crippen LogP contribution >= 0.6 is 10.5 Å². The summed E-state index contributed by atoms with van der Waals surface area (Å²) in [5, 5.41) is 0.774. The average Bonchev–Trinajstić information content (AvgIpc) is 3.10. The highest BCUT2D eigenvalue weighted by Gasteiger charge is 2.49. The number of benzene rings is 1. The molecule has 0 bridgehead atoms. The van der Waals surface area contributed by atoms with Crippen molar-refractivity contribution in [2.45, 2.75) is 63.3 Å². The summed E-state index contributed by atoms with van der Waals surface area (Å²) in [6, 6.07) is 7.48. The van der Waals surface area contributed by atoms with Gasteiger partial charge in [-0.05, 0) is 29.9 Å². The molecule has 1 unspecified atom stereocenters. The van der Waals surface area contributed by atoms with Crippen molar-refractivity contribution in [3.63, 3.8) is 0 Å². The number of hydrogen-bond acceptors (Lipinski definition) is 0. The summed E-state index contributed by atoms with van der Waals surface area (Å²) in [6.45, 7) is 6.13. The molecule has 1 saturated carbocycles. The van der Waals surface area contributed by atoms with Crippen molar-refractivity contribution in [3.05, 3.63) is 34.7 Å². The van der Waals surface area contributed by atoms with Crippen LogP contribution in [0.25, 0.3) is 10.1 Å². The molecule has 0 saturated heterocycles. The van der Waals surface area contributed by atoms with Gasteiger partial charge in [0, 0.05) is 23.4 Å². The molecule has 1 heterocycles. The topological polar surface area (TPSA) is 0 Å². The van der Waals surface area contributed by atoms with Crippen LogP contribution in [0.2, 0.25) is 0 Å². The van der Waals surface area contributed by atoms with Crippen LogP contribution in [0.3, 0.4) is 0 Å². The lowest BCUT2D eigenvalue weighted by Gasteiger charge is -2.18. The lowest BCUT2D eigenvalue weighted by atomic mass is 9.87. The van der Waals surface area contributed by atoms with E-state index in [9.17, 15) is 30.4 Å². The van der Waals surface area contributed by atoms with E-state index >= 15 is 0 Å². The molecule has 1 aliphatic carbocycles. The molecule has 27 heavy (non-hydrogen) atoms. The zero-order chi connectivity index (χ0) is 20.6. The number of hydrogen-bond donors (Lipinski definition) is 0. The van der Waals surface area contributed by atoms with Crippen molar-refractivity contribution in [1.29, 1.82) is 0 Å². The van der Waals surface area contributed by atoms with Crippen molar-refractivity contribution >= 4 is 27.8 Å². The first-order valence-corrected chi connectivity index (χ1v) is 9.95. The largest absolute Gasteiger partial charge is 0.673 e. The maximum absolute atomic E-state index is 13.7. The standard InChI is InChI=1S/C18H22F3S.BF4/c1-17(2,3)14-9-8-13-10-15(12-6-4-5-7-12)22(16(13)11-14)18(19,20)21;2-1(3,4)5/h8-12H,4-7H2,1-3H3;/q+1;-1. The van der Waals surface area contributed by atoms with E-state index in [1.54, 1.807) is 6.07 Å². The van der Waals surface area contributed by atoms with Gasteiger partial charge in [-0.25, -0.2) is 0 Å². The van der Waals surface area contributed by atoms with Crippen LogP contribution < -0.4 is 0 Å². The Hall–Kier alpha value is -1.25. The second-order valence-electron chi connectivity index (χ2n) is 7.78. The van der Waals surface area contributed by atoms with Gasteiger partial charge in [0.05, 0.1) is 10.5 Å². The van der Waals surface area contributed by atoms with Crippen LogP contribution in [0.15, 0.2) is 24.3 Å². The number of halogens is 7. The number of rotatable bonds is 1. The molecular weight excluding hydrogens is 392 g/mol. The fourth-order valence-electron chi connectivity index (χ4n) is 3.39. The quantitative estimate of drug-likeness (QED) is 0.250. The minimum atomic E-state index is -6.00. The summed E-state index contributed by atoms with van der Waals surface area (Å²) in [5.41, 5.74) is -3.32. The molecule has 0 amide bonds. The van der Waals surface area contributed by atoms with Crippen molar-refractivity contribution in [2.24, 2.45) is 0 Å². The molecular formula is C18H22BF7S. The molecule has 0 N–H and O–H groups in total. The van der Waals surface area contributed by atoms with E-state index in [1.807, 2.05) is 39.0 Å². The molecule has 0 radical (unpaired) electrons. The van der Waals surface area contributed by atoms with E-state index in [4.69, 9.17) is 0 Å². The fourth-order valence-corrected chi connectivity index (χ4v) is 5.58. The smallest absolute Gasteiger partial charge is 0.418 e. The Morgan fingerprint density at radius 2 is 1.44 bits per heavy atom. The van der Waals surface area contributed by atoms with Gasteiger partial charge >= 0.3 is 12.8 Å². The summed E-state index contributed by atoms with van der Waals surface area (Å²) < 4.78 is 80.7. The molecule has 9 heteroatoms. The van der Waals surface area contributed by atoms with Crippen LogP contribution in [-0.2, 0) is 10.9 Å². The van der Waals surface area contributed by atoms with Crippen LogP contribution in [-0.4, -0.2) is 7.25 Å². The van der Waals surface area contributed by atoms with E-state index in [-0.39, 0.29) is 11.3 Å². The van der Waals surface area contributed by atoms with Crippen LogP contribution in [0, 0.1) is 0 Å². The molecule has 0 spiro atoms. The first kappa shape index (κ1) is 22.0. The fraction of sp³-hybridized carbons (Fsp3) is 0.556. The summed E-state index contributed by atoms with van der Waals surface area (Å²) >= 11 is 0. The Balaban J connectivity index is 0.000000465. The lowest BCUT2D eigenvalue weighted by molar-refractivity contribution is -0.0868. The van der Waals surface area contributed by atoms with E-state index in [2.05, 4.69) is 0 Å². The third-order valence-electron chi connectivity index (χ3n) is 4.62. The molecule has 1 aliphatic rings. The SMILES string of the molecule is CC(C)(C)c1ccc2cc(C3CCCC3)[s+](C(F)(F)F)c2c1.F[B-](F)(F)F. The highest BCUT2D eigenvalue weighted by Crippen LogP contribution is 2.55. The summed E-state index contributed by atoms with van der Waals surface area (Å²) in [5.74, 6) is 0.121. The van der Waals surface area contributed by atoms with Gasteiger partial charge in [-0.15, -0.1) is 13.2 Å². The zero-order valence-corrected chi connectivity index (χ0v) is 16.2. The van der Waals surface area contributed by atoms with Crippen molar-refractivity contribution < 1.29 is 30.4 Å². The molecule has 152 valence electrons. The average molecular weight is 414 g/mol. The van der Waals surface area contributed by atoms with Crippen molar-refractivity contribution in [1.82, 2.24) is 0 Å². The zero-order valence-electron chi connectivity index (χ0n) is 15.3. The molecule has 1 fully saturated rings. The van der Waals surface area contributed by atoms with Crippen LogP contribution in [0.5, 0.6) is 0 Å². The van der Waals surface area contributed by atoms with E-state index in [1.165, 1.54) is 0 Å². The summed E-state index contributed by atoms with van der Waals surface area (Å²) in [4.78, 5) is 0.631. The molecule has 0 nitrogen and oxygen atoms in total. The van der Waals surface area contributed by atoms with Crippen molar-refractivity contribution in [2.75, 3.05) is 0 Å². The van der Waals surface area contributed by atoms with Crippen LogP contribution in [0.1, 0.15) is 62.8 Å². The number of alkyl halides is 3. The predicted octanol–water partition coefficient (Wildman–Crippen LogP) is 8.32. The summed E-state index contributed by atoms with van der Waals surface area (Å²) in [7, 11) is -7.73. The molecule has 0 aliphatic heterocycles. The van der Waals surface area contributed by atoms with E-state index < -0.39 is 23.2 Å². The second-order valence-corrected chi connectivity index (χ2v) is 9.76. The molecule has 2 aromatic rings. The first-order valence-electron chi connectivity index (χ1n) is 8.72. The lowest BCUT2D eigenvalue weighted by Crippen LogP contribution is -2.10. The van der Waals surface area contributed by atoms with Gasteiger partial charge in [-0.2, -0.15) is 0 Å². The van der Waals surface area contributed by atoms with Crippen LogP contribution in [0.4, 0.5) is 30.4 Å². The van der Waals surface area contributed by atoms with Gasteiger partial charge in [0.15, 0.2) is 9.58 Å². The molecule has 1 atom stereocenters. The Kier molecular flexibility index (Phi) is 6.24. The number of thiophene rings is 1. The van der Waals surface area contributed by atoms with Gasteiger partial charge in [-0.3, -0.25) is 0 Å². The Morgan fingerprint density at radius 3 is 1.89 bits per heavy atom. The Bertz CT molecular complexity index is 772. The Morgan fingerprint density at radius 1 is 0.926 bits per heavy atom. The van der Waals surface area contributed by atoms with Gasteiger partial charge in [0.1, 0.15) is 0 Å². The van der Waals surface area contributed by atoms with Gasteiger partial charge < -0.3 is 17.3 Å². The monoisotopic (exact) mass is 414 g/mol.